The fourth-order valence-corrected chi connectivity index (χ4v) is 3.76. The summed E-state index contributed by atoms with van der Waals surface area (Å²) >= 11 is 1.84. The normalized spacial score (nSPS) is 11.2. The summed E-state index contributed by atoms with van der Waals surface area (Å²) < 4.78 is 2.04. The van der Waals surface area contributed by atoms with Crippen LogP contribution in [-0.2, 0) is 17.8 Å². The molecular weight excluding hydrogens is 342 g/mol. The van der Waals surface area contributed by atoms with Crippen LogP contribution >= 0.6 is 11.8 Å². The first-order chi connectivity index (χ1) is 12.6. The van der Waals surface area contributed by atoms with E-state index in [0.29, 0.717) is 24.8 Å². The van der Waals surface area contributed by atoms with E-state index in [4.69, 9.17) is 0 Å². The van der Waals surface area contributed by atoms with Gasteiger partial charge in [-0.15, -0.1) is 11.8 Å². The van der Waals surface area contributed by atoms with Crippen LogP contribution in [0.3, 0.4) is 0 Å². The largest absolute Gasteiger partial charge is 0.337 e. The maximum absolute atomic E-state index is 12.8. The van der Waals surface area contributed by atoms with Crippen molar-refractivity contribution in [2.45, 2.75) is 43.9 Å². The van der Waals surface area contributed by atoms with Crippen LogP contribution in [0.5, 0.6) is 0 Å². The minimum Gasteiger partial charge on any atom is -0.337 e. The lowest BCUT2D eigenvalue weighted by Gasteiger charge is -2.21. The van der Waals surface area contributed by atoms with E-state index in [1.165, 1.54) is 4.90 Å². The van der Waals surface area contributed by atoms with Gasteiger partial charge in [0.2, 0.25) is 5.91 Å². The van der Waals surface area contributed by atoms with Gasteiger partial charge in [0.25, 0.3) is 0 Å². The highest BCUT2D eigenvalue weighted by Gasteiger charge is 2.15. The summed E-state index contributed by atoms with van der Waals surface area (Å²) in [7, 11) is 0. The molecule has 26 heavy (non-hydrogen) atoms. The van der Waals surface area contributed by atoms with E-state index in [9.17, 15) is 4.79 Å². The van der Waals surface area contributed by atoms with Gasteiger partial charge in [0.15, 0.2) is 0 Å². The van der Waals surface area contributed by atoms with Crippen LogP contribution in [0.2, 0.25) is 0 Å². The summed E-state index contributed by atoms with van der Waals surface area (Å²) in [5.74, 6) is 0.141. The lowest BCUT2D eigenvalue weighted by molar-refractivity contribution is -0.130. The Morgan fingerprint density at radius 3 is 2.65 bits per heavy atom. The number of imidazole rings is 1. The van der Waals surface area contributed by atoms with Crippen LogP contribution in [0.4, 0.5) is 0 Å². The Labute approximate surface area is 159 Å². The van der Waals surface area contributed by atoms with Crippen LogP contribution in [0.1, 0.15) is 32.0 Å². The lowest BCUT2D eigenvalue weighted by Crippen LogP contribution is -2.32. The molecule has 0 unspecified atom stereocenters. The molecule has 0 radical (unpaired) electrons. The highest BCUT2D eigenvalue weighted by atomic mass is 32.2. The molecule has 3 aromatic rings. The fraction of sp³-hybridized carbons (Fsp3) is 0.333. The van der Waals surface area contributed by atoms with Crippen LogP contribution in [0.25, 0.3) is 5.65 Å². The van der Waals surface area contributed by atoms with Crippen molar-refractivity contribution in [3.05, 3.63) is 66.1 Å². The monoisotopic (exact) mass is 367 g/mol. The zero-order chi connectivity index (χ0) is 18.5. The molecule has 0 atom stereocenters. The molecule has 0 bridgehead atoms. The number of carbonyl (C=O) groups excluding carboxylic acids is 1. The van der Waals surface area contributed by atoms with Crippen molar-refractivity contribution in [3.63, 3.8) is 0 Å². The van der Waals surface area contributed by atoms with Gasteiger partial charge in [-0.2, -0.15) is 0 Å². The van der Waals surface area contributed by atoms with Crippen molar-refractivity contribution in [1.82, 2.24) is 14.3 Å². The molecule has 0 aliphatic rings. The van der Waals surface area contributed by atoms with Crippen molar-refractivity contribution in [2.75, 3.05) is 6.54 Å². The predicted octanol–water partition coefficient (Wildman–Crippen LogP) is 4.43. The van der Waals surface area contributed by atoms with Crippen LogP contribution in [0, 0.1) is 0 Å². The van der Waals surface area contributed by atoms with Crippen molar-refractivity contribution < 1.29 is 4.79 Å². The Balaban J connectivity index is 1.67. The first kappa shape index (κ1) is 18.5. The number of benzene rings is 1. The van der Waals surface area contributed by atoms with Crippen molar-refractivity contribution in [2.24, 2.45) is 0 Å². The van der Waals surface area contributed by atoms with Crippen LogP contribution < -0.4 is 0 Å². The second-order valence-corrected chi connectivity index (χ2v) is 8.22. The molecule has 2 heterocycles. The Morgan fingerprint density at radius 1 is 1.19 bits per heavy atom. The number of thioether (sulfide) groups is 1. The van der Waals surface area contributed by atoms with Crippen molar-refractivity contribution in [1.29, 1.82) is 0 Å². The highest BCUT2D eigenvalue weighted by Crippen LogP contribution is 2.23. The average molecular weight is 368 g/mol. The van der Waals surface area contributed by atoms with E-state index >= 15 is 0 Å². The maximum atomic E-state index is 12.8. The van der Waals surface area contributed by atoms with Crippen LogP contribution in [0.15, 0.2) is 59.8 Å². The van der Waals surface area contributed by atoms with E-state index in [1.54, 1.807) is 0 Å². The molecule has 3 rings (SSSR count). The zero-order valence-corrected chi connectivity index (χ0v) is 16.4. The minimum absolute atomic E-state index is 0.141. The van der Waals surface area contributed by atoms with Crippen LogP contribution in [-0.4, -0.2) is 32.0 Å². The molecule has 0 N–H and O–H groups in total. The van der Waals surface area contributed by atoms with E-state index < -0.39 is 0 Å². The molecule has 4 nitrogen and oxygen atoms in total. The van der Waals surface area contributed by atoms with Gasteiger partial charge in [0, 0.05) is 22.9 Å². The Hall–Kier alpha value is -2.27. The summed E-state index contributed by atoms with van der Waals surface area (Å²) in [5.41, 5.74) is 2.99. The number of pyridine rings is 1. The van der Waals surface area contributed by atoms with Gasteiger partial charge in [-0.25, -0.2) is 4.98 Å². The van der Waals surface area contributed by atoms with E-state index in [0.717, 1.165) is 16.9 Å². The number of rotatable bonds is 7. The molecule has 136 valence electrons. The first-order valence-corrected chi connectivity index (χ1v) is 9.89. The Kier molecular flexibility index (Phi) is 5.99. The second kappa shape index (κ2) is 8.41. The first-order valence-electron chi connectivity index (χ1n) is 9.01. The van der Waals surface area contributed by atoms with Gasteiger partial charge in [-0.1, -0.05) is 32.0 Å². The van der Waals surface area contributed by atoms with Crippen molar-refractivity contribution >= 4 is 23.3 Å². The number of likely N-dealkylation sites (N-methyl/N-ethyl adjacent to an activating group) is 1. The topological polar surface area (TPSA) is 37.6 Å². The van der Waals surface area contributed by atoms with Gasteiger partial charge in [-0.3, -0.25) is 4.79 Å². The Morgan fingerprint density at radius 2 is 1.96 bits per heavy atom. The second-order valence-electron chi connectivity index (χ2n) is 6.57. The van der Waals surface area contributed by atoms with E-state index in [-0.39, 0.29) is 5.91 Å². The molecule has 2 aromatic heterocycles. The molecular formula is C21H25N3OS. The number of nitrogens with zero attached hydrogens (tertiary/aromatic N) is 3. The zero-order valence-electron chi connectivity index (χ0n) is 15.6. The van der Waals surface area contributed by atoms with Gasteiger partial charge in [0.1, 0.15) is 5.65 Å². The van der Waals surface area contributed by atoms with Gasteiger partial charge in [-0.05, 0) is 36.8 Å². The summed E-state index contributed by atoms with van der Waals surface area (Å²) in [6, 6.07) is 14.2. The number of hydrogen-bond donors (Lipinski definition) is 0. The van der Waals surface area contributed by atoms with Gasteiger partial charge < -0.3 is 9.30 Å². The fourth-order valence-electron chi connectivity index (χ4n) is 2.92. The lowest BCUT2D eigenvalue weighted by atomic mass is 10.1. The summed E-state index contributed by atoms with van der Waals surface area (Å²) in [6.45, 7) is 7.63. The smallest absolute Gasteiger partial charge is 0.227 e. The predicted molar refractivity (Wildman–Crippen MR) is 107 cm³/mol. The van der Waals surface area contributed by atoms with Crippen molar-refractivity contribution in [3.8, 4) is 0 Å². The molecule has 5 heteroatoms. The SMILES string of the molecule is CCN(Cc1cnc2ccccn12)C(=O)Cc1ccc(SC(C)C)cc1. The maximum Gasteiger partial charge on any atom is 0.227 e. The molecule has 0 saturated heterocycles. The minimum atomic E-state index is 0.141. The van der Waals surface area contributed by atoms with Gasteiger partial charge in [0.05, 0.1) is 24.9 Å². The standard InChI is InChI=1S/C21H25N3OS/c1-4-23(15-18-14-22-20-7-5-6-12-24(18)20)21(25)13-17-8-10-19(11-9-17)26-16(2)3/h5-12,14,16H,4,13,15H2,1-3H3. The number of fused-ring (bicyclic) bond motifs is 1. The number of carbonyl (C=O) groups is 1. The summed E-state index contributed by atoms with van der Waals surface area (Å²) in [6.07, 6.45) is 4.27. The van der Waals surface area contributed by atoms with Gasteiger partial charge >= 0.3 is 0 Å². The molecule has 1 aromatic carbocycles. The highest BCUT2D eigenvalue weighted by molar-refractivity contribution is 7.99. The summed E-state index contributed by atoms with van der Waals surface area (Å²) in [4.78, 5) is 20.3. The average Bonchev–Trinajstić information content (AvgIpc) is 3.04. The summed E-state index contributed by atoms with van der Waals surface area (Å²) in [5, 5.41) is 0.559. The van der Waals surface area contributed by atoms with E-state index in [1.807, 2.05) is 58.6 Å². The third-order valence-corrected chi connectivity index (χ3v) is 5.25. The quantitative estimate of drug-likeness (QED) is 0.580. The number of amides is 1. The third kappa shape index (κ3) is 4.47. The molecule has 0 saturated carbocycles. The third-order valence-electron chi connectivity index (χ3n) is 4.23. The van der Waals surface area contributed by atoms with E-state index in [2.05, 4.69) is 43.1 Å². The number of hydrogen-bond acceptors (Lipinski definition) is 3. The molecule has 0 fully saturated rings. The number of aromatic nitrogens is 2. The Bertz CT molecular complexity index is 870. The molecule has 0 aliphatic heterocycles. The molecule has 0 spiro atoms. The molecule has 0 aliphatic carbocycles. The molecule has 1 amide bonds.